The first-order valence-electron chi connectivity index (χ1n) is 7.75. The van der Waals surface area contributed by atoms with Crippen LogP contribution in [0, 0.1) is 0 Å². The molecule has 2 aliphatic heterocycles. The van der Waals surface area contributed by atoms with Gasteiger partial charge in [0.1, 0.15) is 11.0 Å². The van der Waals surface area contributed by atoms with Gasteiger partial charge in [-0.15, -0.1) is 0 Å². The molecule has 2 aliphatic rings. The number of rotatable bonds is 3. The maximum absolute atomic E-state index is 12.8. The molecule has 0 unspecified atom stereocenters. The fourth-order valence-electron chi connectivity index (χ4n) is 2.95. The number of hydrogen-bond donors (Lipinski definition) is 0. The number of ether oxygens (including phenoxy) is 1. The minimum atomic E-state index is -3.67. The Morgan fingerprint density at radius 3 is 2.54 bits per heavy atom. The third-order valence-electron chi connectivity index (χ3n) is 4.27. The lowest BCUT2D eigenvalue weighted by molar-refractivity contribution is -0.142. The number of sulfonamides is 1. The SMILES string of the molecule is O=C([C@H]1CCCO1)N1CCN(S(=O)(=O)c2ccc(Br)cc2Cl)CC1. The molecule has 0 aliphatic carbocycles. The quantitative estimate of drug-likeness (QED) is 0.726. The smallest absolute Gasteiger partial charge is 0.251 e. The molecule has 6 nitrogen and oxygen atoms in total. The van der Waals surface area contributed by atoms with E-state index in [9.17, 15) is 13.2 Å². The number of halogens is 2. The molecule has 0 bridgehead atoms. The largest absolute Gasteiger partial charge is 0.368 e. The molecule has 0 radical (unpaired) electrons. The summed E-state index contributed by atoms with van der Waals surface area (Å²) in [4.78, 5) is 14.1. The van der Waals surface area contributed by atoms with Crippen LogP contribution in [0.2, 0.25) is 5.02 Å². The maximum Gasteiger partial charge on any atom is 0.251 e. The molecule has 24 heavy (non-hydrogen) atoms. The van der Waals surface area contributed by atoms with Gasteiger partial charge in [0, 0.05) is 37.3 Å². The monoisotopic (exact) mass is 436 g/mol. The number of piperazine rings is 1. The third-order valence-corrected chi connectivity index (χ3v) is 7.14. The molecule has 2 saturated heterocycles. The fourth-order valence-corrected chi connectivity index (χ4v) is 5.38. The molecular weight excluding hydrogens is 420 g/mol. The standard InChI is InChI=1S/C15H18BrClN2O4S/c16-11-3-4-14(12(17)10-11)24(21,22)19-7-5-18(6-8-19)15(20)13-2-1-9-23-13/h3-4,10,13H,1-2,5-9H2/t13-/m1/s1. The Hall–Kier alpha value is -0.670. The van der Waals surface area contributed by atoms with Crippen molar-refractivity contribution < 1.29 is 17.9 Å². The number of nitrogens with zero attached hydrogens (tertiary/aromatic N) is 2. The molecule has 1 aromatic carbocycles. The van der Waals surface area contributed by atoms with Gasteiger partial charge >= 0.3 is 0 Å². The molecule has 0 aromatic heterocycles. The average molecular weight is 438 g/mol. The number of benzene rings is 1. The summed E-state index contributed by atoms with van der Waals surface area (Å²) >= 11 is 9.35. The second-order valence-electron chi connectivity index (χ2n) is 5.81. The number of carbonyl (C=O) groups is 1. The average Bonchev–Trinajstić information content (AvgIpc) is 3.08. The van der Waals surface area contributed by atoms with Crippen LogP contribution in [-0.2, 0) is 19.6 Å². The van der Waals surface area contributed by atoms with Crippen molar-refractivity contribution >= 4 is 43.5 Å². The lowest BCUT2D eigenvalue weighted by atomic mass is 10.2. The van der Waals surface area contributed by atoms with E-state index in [-0.39, 0.29) is 35.0 Å². The van der Waals surface area contributed by atoms with E-state index in [1.807, 2.05) is 0 Å². The van der Waals surface area contributed by atoms with Gasteiger partial charge in [-0.3, -0.25) is 4.79 Å². The first-order valence-corrected chi connectivity index (χ1v) is 10.4. The highest BCUT2D eigenvalue weighted by molar-refractivity contribution is 9.10. The van der Waals surface area contributed by atoms with Crippen LogP contribution in [0.4, 0.5) is 0 Å². The topological polar surface area (TPSA) is 66.9 Å². The second kappa shape index (κ2) is 7.29. The molecule has 3 rings (SSSR count). The van der Waals surface area contributed by atoms with E-state index in [0.29, 0.717) is 19.7 Å². The highest BCUT2D eigenvalue weighted by Gasteiger charge is 2.34. The van der Waals surface area contributed by atoms with Gasteiger partial charge in [-0.25, -0.2) is 8.42 Å². The van der Waals surface area contributed by atoms with Gasteiger partial charge in [0.25, 0.3) is 5.91 Å². The second-order valence-corrected chi connectivity index (χ2v) is 9.04. The highest BCUT2D eigenvalue weighted by Crippen LogP contribution is 2.28. The number of carbonyl (C=O) groups excluding carboxylic acids is 1. The van der Waals surface area contributed by atoms with Crippen LogP contribution in [0.3, 0.4) is 0 Å². The third kappa shape index (κ3) is 3.62. The maximum atomic E-state index is 12.8. The van der Waals surface area contributed by atoms with Gasteiger partial charge in [-0.2, -0.15) is 4.31 Å². The minimum Gasteiger partial charge on any atom is -0.368 e. The Labute approximate surface area is 154 Å². The van der Waals surface area contributed by atoms with Gasteiger partial charge in [0.05, 0.1) is 5.02 Å². The minimum absolute atomic E-state index is 0.0359. The molecule has 0 spiro atoms. The molecule has 1 aromatic rings. The zero-order valence-electron chi connectivity index (χ0n) is 13.0. The van der Waals surface area contributed by atoms with Crippen molar-refractivity contribution in [1.29, 1.82) is 0 Å². The van der Waals surface area contributed by atoms with E-state index in [1.165, 1.54) is 10.4 Å². The van der Waals surface area contributed by atoms with Crippen LogP contribution in [-0.4, -0.2) is 62.4 Å². The molecule has 1 atom stereocenters. The summed E-state index contributed by atoms with van der Waals surface area (Å²) in [7, 11) is -3.67. The van der Waals surface area contributed by atoms with Crippen LogP contribution < -0.4 is 0 Å². The van der Waals surface area contributed by atoms with Crippen molar-refractivity contribution in [3.63, 3.8) is 0 Å². The van der Waals surface area contributed by atoms with E-state index in [4.69, 9.17) is 16.3 Å². The molecule has 9 heteroatoms. The van der Waals surface area contributed by atoms with Crippen molar-refractivity contribution in [2.75, 3.05) is 32.8 Å². The van der Waals surface area contributed by atoms with Gasteiger partial charge < -0.3 is 9.64 Å². The Morgan fingerprint density at radius 2 is 1.96 bits per heavy atom. The highest BCUT2D eigenvalue weighted by atomic mass is 79.9. The van der Waals surface area contributed by atoms with Gasteiger partial charge in [0.15, 0.2) is 0 Å². The zero-order chi connectivity index (χ0) is 17.3. The predicted octanol–water partition coefficient (Wildman–Crippen LogP) is 2.11. The summed E-state index contributed by atoms with van der Waals surface area (Å²) in [6.45, 7) is 1.87. The van der Waals surface area contributed by atoms with Gasteiger partial charge in [-0.05, 0) is 31.0 Å². The van der Waals surface area contributed by atoms with Crippen LogP contribution in [0.5, 0.6) is 0 Å². The van der Waals surface area contributed by atoms with Gasteiger partial charge in [-0.1, -0.05) is 27.5 Å². The van der Waals surface area contributed by atoms with Crippen molar-refractivity contribution in [3.8, 4) is 0 Å². The van der Waals surface area contributed by atoms with Crippen molar-refractivity contribution in [3.05, 3.63) is 27.7 Å². The van der Waals surface area contributed by atoms with E-state index in [2.05, 4.69) is 15.9 Å². The van der Waals surface area contributed by atoms with Gasteiger partial charge in [0.2, 0.25) is 10.0 Å². The molecule has 1 amide bonds. The molecule has 0 N–H and O–H groups in total. The Morgan fingerprint density at radius 1 is 1.25 bits per heavy atom. The zero-order valence-corrected chi connectivity index (χ0v) is 16.1. The van der Waals surface area contributed by atoms with E-state index >= 15 is 0 Å². The summed E-state index contributed by atoms with van der Waals surface area (Å²) in [6.07, 6.45) is 1.27. The first kappa shape index (κ1) is 18.1. The molecule has 2 heterocycles. The Bertz CT molecular complexity index is 729. The number of amides is 1. The Balaban J connectivity index is 1.68. The van der Waals surface area contributed by atoms with Crippen LogP contribution in [0.25, 0.3) is 0 Å². The van der Waals surface area contributed by atoms with Crippen LogP contribution >= 0.6 is 27.5 Å². The molecular formula is C15H18BrClN2O4S. The summed E-state index contributed by atoms with van der Waals surface area (Å²) in [6, 6.07) is 4.70. The lowest BCUT2D eigenvalue weighted by Gasteiger charge is -2.35. The number of hydrogen-bond acceptors (Lipinski definition) is 4. The predicted molar refractivity (Wildman–Crippen MR) is 93.5 cm³/mol. The van der Waals surface area contributed by atoms with Crippen molar-refractivity contribution in [2.45, 2.75) is 23.8 Å². The lowest BCUT2D eigenvalue weighted by Crippen LogP contribution is -2.52. The molecule has 2 fully saturated rings. The fraction of sp³-hybridized carbons (Fsp3) is 0.533. The summed E-state index contributed by atoms with van der Waals surface area (Å²) in [5, 5.41) is 0.183. The van der Waals surface area contributed by atoms with Crippen LogP contribution in [0.15, 0.2) is 27.6 Å². The van der Waals surface area contributed by atoms with Crippen molar-refractivity contribution in [1.82, 2.24) is 9.21 Å². The summed E-state index contributed by atoms with van der Waals surface area (Å²) < 4.78 is 33.0. The normalized spacial score (nSPS) is 22.8. The summed E-state index contributed by atoms with van der Waals surface area (Å²) in [5.41, 5.74) is 0. The van der Waals surface area contributed by atoms with E-state index in [1.54, 1.807) is 17.0 Å². The van der Waals surface area contributed by atoms with Crippen LogP contribution in [0.1, 0.15) is 12.8 Å². The Kier molecular flexibility index (Phi) is 5.51. The first-order chi connectivity index (χ1) is 11.4. The van der Waals surface area contributed by atoms with Crippen molar-refractivity contribution in [2.24, 2.45) is 0 Å². The van der Waals surface area contributed by atoms with E-state index in [0.717, 1.165) is 17.3 Å². The molecule has 0 saturated carbocycles. The van der Waals surface area contributed by atoms with E-state index < -0.39 is 10.0 Å². The molecule has 132 valence electrons. The summed E-state index contributed by atoms with van der Waals surface area (Å²) in [5.74, 6) is -0.0359.